The van der Waals surface area contributed by atoms with Gasteiger partial charge in [0.15, 0.2) is 5.65 Å². The van der Waals surface area contributed by atoms with Gasteiger partial charge in [0.25, 0.3) is 0 Å². The smallest absolute Gasteiger partial charge is 0.177 e. The molecule has 0 amide bonds. The molecule has 1 unspecified atom stereocenters. The second-order valence-electron chi connectivity index (χ2n) is 5.85. The van der Waals surface area contributed by atoms with Crippen LogP contribution in [0.3, 0.4) is 0 Å². The van der Waals surface area contributed by atoms with E-state index in [-0.39, 0.29) is 6.04 Å². The molecule has 4 heterocycles. The van der Waals surface area contributed by atoms with E-state index in [1.807, 2.05) is 31.2 Å². The molecule has 3 aromatic rings. The zero-order chi connectivity index (χ0) is 16.4. The summed E-state index contributed by atoms with van der Waals surface area (Å²) in [7, 11) is 0. The van der Waals surface area contributed by atoms with E-state index >= 15 is 0 Å². The summed E-state index contributed by atoms with van der Waals surface area (Å²) >= 11 is 0. The third-order valence-corrected chi connectivity index (χ3v) is 4.21. The van der Waals surface area contributed by atoms with Gasteiger partial charge in [-0.2, -0.15) is 4.52 Å². The normalized spacial score (nSPS) is 17.2. The van der Waals surface area contributed by atoms with Gasteiger partial charge in [0, 0.05) is 19.6 Å². The van der Waals surface area contributed by atoms with Crippen LogP contribution in [0.1, 0.15) is 17.6 Å². The summed E-state index contributed by atoms with van der Waals surface area (Å²) in [5, 5.41) is 15.7. The zero-order valence-electron chi connectivity index (χ0n) is 13.6. The number of ether oxygens (including phenoxy) is 1. The highest BCUT2D eigenvalue weighted by atomic mass is 16.5. The fraction of sp³-hybridized carbons (Fsp3) is 0.438. The number of morpholine rings is 1. The van der Waals surface area contributed by atoms with E-state index in [4.69, 9.17) is 9.15 Å². The Morgan fingerprint density at radius 1 is 1.21 bits per heavy atom. The minimum atomic E-state index is 0.140. The maximum absolute atomic E-state index is 5.88. The molecule has 1 N–H and O–H groups in total. The Kier molecular flexibility index (Phi) is 4.14. The molecule has 126 valence electrons. The number of anilines is 1. The van der Waals surface area contributed by atoms with E-state index in [0.29, 0.717) is 6.54 Å². The summed E-state index contributed by atoms with van der Waals surface area (Å²) in [4.78, 5) is 2.38. The Balaban J connectivity index is 1.52. The maximum atomic E-state index is 5.88. The van der Waals surface area contributed by atoms with Crippen LogP contribution >= 0.6 is 0 Å². The molecular weight excluding hydrogens is 308 g/mol. The van der Waals surface area contributed by atoms with E-state index in [2.05, 4.69) is 25.5 Å². The molecule has 3 aromatic heterocycles. The van der Waals surface area contributed by atoms with Gasteiger partial charge in [-0.05, 0) is 31.2 Å². The van der Waals surface area contributed by atoms with Crippen LogP contribution in [0.25, 0.3) is 5.65 Å². The molecule has 1 fully saturated rings. The van der Waals surface area contributed by atoms with Gasteiger partial charge in [-0.1, -0.05) is 0 Å². The molecule has 8 heteroatoms. The largest absolute Gasteiger partial charge is 0.465 e. The first kappa shape index (κ1) is 15.1. The lowest BCUT2D eigenvalue weighted by molar-refractivity contribution is 0.0143. The molecule has 24 heavy (non-hydrogen) atoms. The lowest BCUT2D eigenvalue weighted by atomic mass is 10.1. The summed E-state index contributed by atoms with van der Waals surface area (Å²) in [5.41, 5.74) is 0.729. The van der Waals surface area contributed by atoms with Crippen molar-refractivity contribution in [2.75, 3.05) is 38.2 Å². The molecule has 0 saturated carbocycles. The summed E-state index contributed by atoms with van der Waals surface area (Å²) in [5.74, 6) is 2.67. The van der Waals surface area contributed by atoms with Gasteiger partial charge in [0.05, 0.1) is 19.3 Å². The van der Waals surface area contributed by atoms with E-state index in [1.165, 1.54) is 0 Å². The molecule has 0 aliphatic carbocycles. The number of hydrogen-bond donors (Lipinski definition) is 1. The lowest BCUT2D eigenvalue weighted by Gasteiger charge is -2.33. The van der Waals surface area contributed by atoms with E-state index in [1.54, 1.807) is 10.8 Å². The number of rotatable bonds is 5. The van der Waals surface area contributed by atoms with E-state index < -0.39 is 0 Å². The second kappa shape index (κ2) is 6.58. The number of aryl methyl sites for hydroxylation is 1. The lowest BCUT2D eigenvalue weighted by Crippen LogP contribution is -2.41. The SMILES string of the molecule is Cc1ccc(C(CNc2ccc3nncn3n2)N2CCOCC2)o1. The first-order chi connectivity index (χ1) is 11.8. The predicted octanol–water partition coefficient (Wildman–Crippen LogP) is 1.51. The van der Waals surface area contributed by atoms with Crippen LogP contribution in [0.4, 0.5) is 5.82 Å². The first-order valence-electron chi connectivity index (χ1n) is 8.09. The quantitative estimate of drug-likeness (QED) is 0.760. The van der Waals surface area contributed by atoms with Crippen LogP contribution in [0, 0.1) is 6.92 Å². The number of aromatic nitrogens is 4. The highest BCUT2D eigenvalue weighted by molar-refractivity contribution is 5.43. The molecule has 0 spiro atoms. The Bertz CT molecular complexity index is 808. The van der Waals surface area contributed by atoms with Crippen LogP contribution in [0.15, 0.2) is 35.0 Å². The molecule has 0 aromatic carbocycles. The van der Waals surface area contributed by atoms with Crippen LogP contribution in [-0.4, -0.2) is 57.6 Å². The number of nitrogens with one attached hydrogen (secondary N) is 1. The minimum absolute atomic E-state index is 0.140. The van der Waals surface area contributed by atoms with Crippen molar-refractivity contribution in [2.45, 2.75) is 13.0 Å². The van der Waals surface area contributed by atoms with Crippen molar-refractivity contribution in [3.8, 4) is 0 Å². The topological polar surface area (TPSA) is 80.7 Å². The van der Waals surface area contributed by atoms with E-state index in [9.17, 15) is 0 Å². The van der Waals surface area contributed by atoms with Crippen molar-refractivity contribution < 1.29 is 9.15 Å². The van der Waals surface area contributed by atoms with Crippen molar-refractivity contribution in [3.63, 3.8) is 0 Å². The van der Waals surface area contributed by atoms with Crippen molar-refractivity contribution in [1.82, 2.24) is 24.7 Å². The highest BCUT2D eigenvalue weighted by Crippen LogP contribution is 2.24. The minimum Gasteiger partial charge on any atom is -0.465 e. The van der Waals surface area contributed by atoms with Gasteiger partial charge in [0.2, 0.25) is 0 Å². The van der Waals surface area contributed by atoms with Crippen LogP contribution in [0.2, 0.25) is 0 Å². The van der Waals surface area contributed by atoms with Crippen molar-refractivity contribution in [2.24, 2.45) is 0 Å². The molecule has 0 bridgehead atoms. The number of fused-ring (bicyclic) bond motifs is 1. The molecule has 1 aliphatic heterocycles. The van der Waals surface area contributed by atoms with Gasteiger partial charge < -0.3 is 14.5 Å². The van der Waals surface area contributed by atoms with Gasteiger partial charge in [-0.25, -0.2) is 0 Å². The first-order valence-corrected chi connectivity index (χ1v) is 8.09. The summed E-state index contributed by atoms with van der Waals surface area (Å²) < 4.78 is 13.0. The molecular formula is C16H20N6O2. The molecule has 4 rings (SSSR count). The highest BCUT2D eigenvalue weighted by Gasteiger charge is 2.25. The Morgan fingerprint density at radius 2 is 2.08 bits per heavy atom. The number of hydrogen-bond acceptors (Lipinski definition) is 7. The standard InChI is InChI=1S/C16H20N6O2/c1-12-2-3-14(24-12)13(21-6-8-23-9-7-21)10-17-15-4-5-16-19-18-11-22(16)20-15/h2-5,11,13H,6-10H2,1H3,(H,17,20). The summed E-state index contributed by atoms with van der Waals surface area (Å²) in [6.07, 6.45) is 1.59. The summed E-state index contributed by atoms with van der Waals surface area (Å²) in [6, 6.07) is 8.00. The predicted molar refractivity (Wildman–Crippen MR) is 87.8 cm³/mol. The van der Waals surface area contributed by atoms with Crippen molar-refractivity contribution in [3.05, 3.63) is 42.1 Å². The van der Waals surface area contributed by atoms with Crippen molar-refractivity contribution in [1.29, 1.82) is 0 Å². The average Bonchev–Trinajstić information content (AvgIpc) is 3.24. The zero-order valence-corrected chi connectivity index (χ0v) is 13.6. The van der Waals surface area contributed by atoms with E-state index in [0.717, 1.165) is 49.3 Å². The number of nitrogens with zero attached hydrogens (tertiary/aromatic N) is 5. The third kappa shape index (κ3) is 3.10. The Labute approximate surface area is 139 Å². The summed E-state index contributed by atoms with van der Waals surface area (Å²) in [6.45, 7) is 5.96. The monoisotopic (exact) mass is 328 g/mol. The molecule has 1 aliphatic rings. The van der Waals surface area contributed by atoms with Gasteiger partial charge in [0.1, 0.15) is 23.7 Å². The molecule has 0 radical (unpaired) electrons. The molecule has 8 nitrogen and oxygen atoms in total. The van der Waals surface area contributed by atoms with Gasteiger partial charge in [-0.15, -0.1) is 15.3 Å². The Morgan fingerprint density at radius 3 is 2.88 bits per heavy atom. The molecule has 1 atom stereocenters. The fourth-order valence-corrected chi connectivity index (χ4v) is 2.96. The Hall–Kier alpha value is -2.45. The second-order valence-corrected chi connectivity index (χ2v) is 5.85. The van der Waals surface area contributed by atoms with Crippen LogP contribution < -0.4 is 5.32 Å². The third-order valence-electron chi connectivity index (χ3n) is 4.21. The maximum Gasteiger partial charge on any atom is 0.177 e. The van der Waals surface area contributed by atoms with Crippen LogP contribution in [-0.2, 0) is 4.74 Å². The van der Waals surface area contributed by atoms with Crippen LogP contribution in [0.5, 0.6) is 0 Å². The van der Waals surface area contributed by atoms with Gasteiger partial charge in [-0.3, -0.25) is 4.90 Å². The van der Waals surface area contributed by atoms with Crippen molar-refractivity contribution >= 4 is 11.5 Å². The van der Waals surface area contributed by atoms with Gasteiger partial charge >= 0.3 is 0 Å². The fourth-order valence-electron chi connectivity index (χ4n) is 2.96. The number of furan rings is 1. The average molecular weight is 328 g/mol. The molecule has 1 saturated heterocycles.